The number of rotatable bonds is 5. The second kappa shape index (κ2) is 7.91. The van der Waals surface area contributed by atoms with E-state index < -0.39 is 0 Å². The summed E-state index contributed by atoms with van der Waals surface area (Å²) in [4.78, 5) is 0. The summed E-state index contributed by atoms with van der Waals surface area (Å²) in [6, 6.07) is 14.5. The highest BCUT2D eigenvalue weighted by Crippen LogP contribution is 2.59. The highest BCUT2D eigenvalue weighted by Gasteiger charge is 2.44. The molecule has 168 valence electrons. The van der Waals surface area contributed by atoms with E-state index in [9.17, 15) is 0 Å². The maximum atomic E-state index is 4.06. The van der Waals surface area contributed by atoms with Crippen LogP contribution in [0.2, 0.25) is 0 Å². The van der Waals surface area contributed by atoms with Gasteiger partial charge in [-0.05, 0) is 63.5 Å². The van der Waals surface area contributed by atoms with E-state index in [-0.39, 0.29) is 16.2 Å². The van der Waals surface area contributed by atoms with Gasteiger partial charge in [-0.25, -0.2) is 0 Å². The summed E-state index contributed by atoms with van der Waals surface area (Å²) in [5.74, 6) is 0.364. The van der Waals surface area contributed by atoms with Crippen molar-refractivity contribution < 1.29 is 0 Å². The Balaban J connectivity index is 1.98. The summed E-state index contributed by atoms with van der Waals surface area (Å²) in [5.41, 5.74) is 10.6. The van der Waals surface area contributed by atoms with Gasteiger partial charge in [0.2, 0.25) is 0 Å². The fourth-order valence-corrected chi connectivity index (χ4v) is 5.64. The molecule has 2 aliphatic carbocycles. The monoisotopic (exact) mass is 424 g/mol. The predicted octanol–water partition coefficient (Wildman–Crippen LogP) is 9.25. The van der Waals surface area contributed by atoms with Crippen LogP contribution in [-0.2, 0) is 10.8 Å². The van der Waals surface area contributed by atoms with Gasteiger partial charge in [0.25, 0.3) is 0 Å². The van der Waals surface area contributed by atoms with Crippen LogP contribution in [0.4, 0.5) is 0 Å². The van der Waals surface area contributed by atoms with Gasteiger partial charge in [-0.15, -0.1) is 6.58 Å². The van der Waals surface area contributed by atoms with Crippen LogP contribution in [0, 0.1) is 5.41 Å². The molecule has 0 fully saturated rings. The number of allylic oxidation sites excluding steroid dienone is 5. The Morgan fingerprint density at radius 1 is 0.844 bits per heavy atom. The molecular formula is C32H40. The maximum absolute atomic E-state index is 4.06. The van der Waals surface area contributed by atoms with Crippen molar-refractivity contribution in [2.75, 3.05) is 0 Å². The molecule has 4 rings (SSSR count). The zero-order chi connectivity index (χ0) is 23.3. The molecule has 32 heavy (non-hydrogen) atoms. The first kappa shape index (κ1) is 22.8. The molecule has 0 heterocycles. The van der Waals surface area contributed by atoms with E-state index in [4.69, 9.17) is 0 Å². The predicted molar refractivity (Wildman–Crippen MR) is 140 cm³/mol. The molecule has 0 spiro atoms. The average molecular weight is 425 g/mol. The summed E-state index contributed by atoms with van der Waals surface area (Å²) < 4.78 is 0. The Kier molecular flexibility index (Phi) is 5.64. The lowest BCUT2D eigenvalue weighted by atomic mass is 9.64. The van der Waals surface area contributed by atoms with Gasteiger partial charge >= 0.3 is 0 Å². The van der Waals surface area contributed by atoms with Crippen molar-refractivity contribution >= 4 is 0 Å². The molecule has 0 heteroatoms. The highest BCUT2D eigenvalue weighted by molar-refractivity contribution is 5.80. The van der Waals surface area contributed by atoms with E-state index >= 15 is 0 Å². The SMILES string of the molecule is C=CCCC(C)(C1=CC=CC1)C1c2cc(C(C)(C)C)ccc2-c2ccc(C(C)(C)C)cc21. The van der Waals surface area contributed by atoms with Crippen molar-refractivity contribution in [3.63, 3.8) is 0 Å². The van der Waals surface area contributed by atoms with Crippen LogP contribution < -0.4 is 0 Å². The smallest absolute Gasteiger partial charge is 0.0193 e. The van der Waals surface area contributed by atoms with E-state index in [2.05, 4.69) is 116 Å². The molecule has 0 bridgehead atoms. The van der Waals surface area contributed by atoms with Crippen LogP contribution >= 0.6 is 0 Å². The van der Waals surface area contributed by atoms with E-state index in [0.29, 0.717) is 5.92 Å². The summed E-state index contributed by atoms with van der Waals surface area (Å²) in [6.07, 6.45) is 12.2. The van der Waals surface area contributed by atoms with Crippen molar-refractivity contribution in [3.8, 4) is 11.1 Å². The second-order valence-electron chi connectivity index (χ2n) is 12.1. The second-order valence-corrected chi connectivity index (χ2v) is 12.1. The van der Waals surface area contributed by atoms with Gasteiger partial charge in [0.1, 0.15) is 0 Å². The van der Waals surface area contributed by atoms with Gasteiger partial charge in [-0.2, -0.15) is 0 Å². The molecule has 0 aliphatic heterocycles. The third-order valence-electron chi connectivity index (χ3n) is 7.76. The largest absolute Gasteiger partial charge is 0.103 e. The lowest BCUT2D eigenvalue weighted by molar-refractivity contribution is 0.321. The zero-order valence-corrected chi connectivity index (χ0v) is 21.2. The fraction of sp³-hybridized carbons (Fsp3) is 0.438. The third-order valence-corrected chi connectivity index (χ3v) is 7.76. The van der Waals surface area contributed by atoms with Crippen molar-refractivity contribution in [1.29, 1.82) is 0 Å². The molecule has 2 aromatic rings. The standard InChI is InChI=1S/C32H40/c1-9-10-19-32(8,22-13-11-12-14-22)29-27-20-23(30(2,3)4)15-17-25(27)26-18-16-24(21-28(26)29)31(5,6)7/h9,11-13,15-18,20-21,29H,1,10,14,19H2,2-8H3. The summed E-state index contributed by atoms with van der Waals surface area (Å²) in [5, 5.41) is 0. The Bertz CT molecular complexity index is 1030. The normalized spacial score (nSPS) is 17.7. The van der Waals surface area contributed by atoms with E-state index in [1.54, 1.807) is 5.57 Å². The van der Waals surface area contributed by atoms with Gasteiger partial charge in [0, 0.05) is 11.3 Å². The summed E-state index contributed by atoms with van der Waals surface area (Å²) in [6.45, 7) is 20.5. The number of fused-ring (bicyclic) bond motifs is 3. The molecule has 1 atom stereocenters. The highest BCUT2D eigenvalue weighted by atomic mass is 14.5. The Hall–Kier alpha value is -2.34. The minimum absolute atomic E-state index is 0.0602. The van der Waals surface area contributed by atoms with Gasteiger partial charge in [0.15, 0.2) is 0 Å². The minimum Gasteiger partial charge on any atom is -0.103 e. The quantitative estimate of drug-likeness (QED) is 0.419. The zero-order valence-electron chi connectivity index (χ0n) is 21.2. The fourth-order valence-electron chi connectivity index (χ4n) is 5.64. The maximum Gasteiger partial charge on any atom is 0.0193 e. The molecule has 0 radical (unpaired) electrons. The minimum atomic E-state index is 0.0602. The Labute approximate surface area is 196 Å². The molecule has 0 aromatic heterocycles. The van der Waals surface area contributed by atoms with Crippen molar-refractivity contribution in [2.45, 2.75) is 84.5 Å². The van der Waals surface area contributed by atoms with Crippen molar-refractivity contribution in [3.05, 3.63) is 95.1 Å². The van der Waals surface area contributed by atoms with Gasteiger partial charge < -0.3 is 0 Å². The third kappa shape index (κ3) is 3.83. The van der Waals surface area contributed by atoms with Gasteiger partial charge in [-0.1, -0.05) is 115 Å². The molecule has 0 nitrogen and oxygen atoms in total. The molecule has 0 amide bonds. The van der Waals surface area contributed by atoms with Crippen LogP contribution in [0.5, 0.6) is 0 Å². The molecule has 1 unspecified atom stereocenters. The first-order valence-electron chi connectivity index (χ1n) is 12.2. The number of hydrogen-bond donors (Lipinski definition) is 0. The average Bonchev–Trinajstić information content (AvgIpc) is 3.36. The van der Waals surface area contributed by atoms with Crippen molar-refractivity contribution in [2.24, 2.45) is 5.41 Å². The summed E-state index contributed by atoms with van der Waals surface area (Å²) >= 11 is 0. The molecule has 2 aliphatic rings. The first-order chi connectivity index (χ1) is 15.0. The molecule has 0 saturated carbocycles. The Morgan fingerprint density at radius 3 is 1.78 bits per heavy atom. The molecular weight excluding hydrogens is 384 g/mol. The van der Waals surface area contributed by atoms with Crippen LogP contribution in [0.25, 0.3) is 11.1 Å². The van der Waals surface area contributed by atoms with Crippen LogP contribution in [0.3, 0.4) is 0 Å². The van der Waals surface area contributed by atoms with Crippen LogP contribution in [0.15, 0.2) is 72.9 Å². The van der Waals surface area contributed by atoms with Crippen LogP contribution in [0.1, 0.15) is 95.9 Å². The molecule has 2 aromatic carbocycles. The van der Waals surface area contributed by atoms with Gasteiger partial charge in [-0.3, -0.25) is 0 Å². The Morgan fingerprint density at radius 2 is 1.38 bits per heavy atom. The van der Waals surface area contributed by atoms with Gasteiger partial charge in [0.05, 0.1) is 0 Å². The lowest BCUT2D eigenvalue weighted by Gasteiger charge is -2.39. The first-order valence-corrected chi connectivity index (χ1v) is 12.2. The topological polar surface area (TPSA) is 0 Å². The van der Waals surface area contributed by atoms with Crippen molar-refractivity contribution in [1.82, 2.24) is 0 Å². The number of hydrogen-bond acceptors (Lipinski definition) is 0. The molecule has 0 saturated heterocycles. The molecule has 0 N–H and O–H groups in total. The van der Waals surface area contributed by atoms with E-state index in [1.807, 2.05) is 0 Å². The number of benzene rings is 2. The van der Waals surface area contributed by atoms with Crippen LogP contribution in [-0.4, -0.2) is 0 Å². The van der Waals surface area contributed by atoms with E-state index in [1.165, 1.54) is 33.4 Å². The van der Waals surface area contributed by atoms with E-state index in [0.717, 1.165) is 19.3 Å². The lowest BCUT2D eigenvalue weighted by Crippen LogP contribution is -2.28. The summed E-state index contributed by atoms with van der Waals surface area (Å²) in [7, 11) is 0.